The maximum Gasteiger partial charge on any atom is 0.243 e. The van der Waals surface area contributed by atoms with Gasteiger partial charge in [0.2, 0.25) is 10.0 Å². The van der Waals surface area contributed by atoms with Gasteiger partial charge in [0.05, 0.1) is 0 Å². The Morgan fingerprint density at radius 2 is 2.18 bits per heavy atom. The van der Waals surface area contributed by atoms with E-state index in [0.717, 1.165) is 19.5 Å². The van der Waals surface area contributed by atoms with E-state index < -0.39 is 10.0 Å². The first kappa shape index (κ1) is 12.3. The van der Waals surface area contributed by atoms with Gasteiger partial charge in [-0.3, -0.25) is 0 Å². The molecule has 0 bridgehead atoms. The van der Waals surface area contributed by atoms with Crippen molar-refractivity contribution in [3.63, 3.8) is 0 Å². The Bertz CT molecular complexity index is 481. The monoisotopic (exact) mass is 256 g/mol. The molecule has 0 amide bonds. The van der Waals surface area contributed by atoms with Crippen LogP contribution in [0.4, 0.5) is 0 Å². The highest BCUT2D eigenvalue weighted by Gasteiger charge is 2.21. The Hall–Kier alpha value is -1.11. The summed E-state index contributed by atoms with van der Waals surface area (Å²) in [5, 5.41) is 3.17. The highest BCUT2D eigenvalue weighted by molar-refractivity contribution is 7.89. The van der Waals surface area contributed by atoms with Gasteiger partial charge in [0.1, 0.15) is 16.7 Å². The fourth-order valence-corrected chi connectivity index (χ4v) is 2.65. The third-order valence-electron chi connectivity index (χ3n) is 2.72. The van der Waals surface area contributed by atoms with Crippen molar-refractivity contribution >= 4 is 10.0 Å². The zero-order valence-corrected chi connectivity index (χ0v) is 10.5. The summed E-state index contributed by atoms with van der Waals surface area (Å²) < 4.78 is 31.6. The van der Waals surface area contributed by atoms with E-state index in [9.17, 15) is 8.42 Å². The molecule has 0 aliphatic carbocycles. The molecule has 1 fully saturated rings. The topological polar surface area (TPSA) is 67.4 Å². The molecule has 0 saturated carbocycles. The lowest BCUT2D eigenvalue weighted by molar-refractivity contribution is 0.217. The Morgan fingerprint density at radius 1 is 1.41 bits per heavy atom. The number of hydrogen-bond acceptors (Lipinski definition) is 4. The van der Waals surface area contributed by atoms with Gasteiger partial charge in [-0.15, -0.1) is 0 Å². The molecule has 94 valence electrons. The predicted molar refractivity (Wildman–Crippen MR) is 64.6 cm³/mol. The van der Waals surface area contributed by atoms with E-state index >= 15 is 0 Å². The van der Waals surface area contributed by atoms with Gasteiger partial charge in [-0.1, -0.05) is 12.1 Å². The first-order valence-electron chi connectivity index (χ1n) is 5.53. The number of rotatable bonds is 4. The summed E-state index contributed by atoms with van der Waals surface area (Å²) in [5.74, 6) is 0.413. The van der Waals surface area contributed by atoms with Crippen LogP contribution in [0.25, 0.3) is 0 Å². The molecular formula is C11H16N2O3S. The highest BCUT2D eigenvalue weighted by atomic mass is 32.2. The number of benzene rings is 1. The second-order valence-electron chi connectivity index (χ2n) is 3.89. The van der Waals surface area contributed by atoms with Crippen molar-refractivity contribution < 1.29 is 13.2 Å². The molecule has 1 saturated heterocycles. The van der Waals surface area contributed by atoms with Crippen LogP contribution in [0.2, 0.25) is 0 Å². The fourth-order valence-electron chi connectivity index (χ4n) is 1.79. The number of nitrogens with one attached hydrogen (secondary N) is 2. The molecule has 1 atom stereocenters. The Labute approximate surface area is 101 Å². The lowest BCUT2D eigenvalue weighted by Gasteiger charge is -2.15. The Morgan fingerprint density at radius 3 is 2.82 bits per heavy atom. The van der Waals surface area contributed by atoms with Crippen LogP contribution in [-0.4, -0.2) is 34.7 Å². The number of hydrogen-bond donors (Lipinski definition) is 2. The van der Waals surface area contributed by atoms with E-state index in [1.54, 1.807) is 24.3 Å². The lowest BCUT2D eigenvalue weighted by atomic mass is 10.3. The fraction of sp³-hybridized carbons (Fsp3) is 0.455. The van der Waals surface area contributed by atoms with Gasteiger partial charge in [0.15, 0.2) is 0 Å². The summed E-state index contributed by atoms with van der Waals surface area (Å²) in [7, 11) is -2.07. The van der Waals surface area contributed by atoms with Gasteiger partial charge < -0.3 is 10.1 Å². The molecule has 17 heavy (non-hydrogen) atoms. The minimum atomic E-state index is -3.47. The average Bonchev–Trinajstić information content (AvgIpc) is 2.82. The summed E-state index contributed by atoms with van der Waals surface area (Å²) >= 11 is 0. The van der Waals surface area contributed by atoms with Gasteiger partial charge in [0.25, 0.3) is 0 Å². The number of ether oxygens (including phenoxy) is 1. The van der Waals surface area contributed by atoms with E-state index in [0.29, 0.717) is 5.75 Å². The molecule has 5 nitrogen and oxygen atoms in total. The molecule has 1 aromatic carbocycles. The normalized spacial score (nSPS) is 20.4. The summed E-state index contributed by atoms with van der Waals surface area (Å²) in [4.78, 5) is 0.189. The van der Waals surface area contributed by atoms with Crippen LogP contribution in [0, 0.1) is 0 Å². The van der Waals surface area contributed by atoms with Gasteiger partial charge in [0, 0.05) is 6.54 Å². The van der Waals surface area contributed by atoms with Crippen LogP contribution >= 0.6 is 0 Å². The van der Waals surface area contributed by atoms with E-state index in [2.05, 4.69) is 10.0 Å². The van der Waals surface area contributed by atoms with E-state index in [1.807, 2.05) is 0 Å². The summed E-state index contributed by atoms with van der Waals surface area (Å²) in [6.07, 6.45) is 0.941. The van der Waals surface area contributed by atoms with Crippen LogP contribution in [0.1, 0.15) is 6.42 Å². The van der Waals surface area contributed by atoms with Gasteiger partial charge in [-0.2, -0.15) is 0 Å². The largest absolute Gasteiger partial charge is 0.488 e. The van der Waals surface area contributed by atoms with Crippen LogP contribution in [-0.2, 0) is 10.0 Å². The van der Waals surface area contributed by atoms with Crippen molar-refractivity contribution in [3.05, 3.63) is 24.3 Å². The maximum atomic E-state index is 11.8. The Balaban J connectivity index is 2.27. The maximum absolute atomic E-state index is 11.8. The standard InChI is InChI=1S/C11H16N2O3S/c1-12-17(14,15)11-5-3-2-4-10(11)16-9-6-7-13-8-9/h2-5,9,12-13H,6-8H2,1H3. The molecule has 0 spiro atoms. The molecule has 0 radical (unpaired) electrons. The first-order valence-corrected chi connectivity index (χ1v) is 7.02. The first-order chi connectivity index (χ1) is 8.13. The zero-order valence-electron chi connectivity index (χ0n) is 9.64. The van der Waals surface area contributed by atoms with Crippen molar-refractivity contribution in [2.24, 2.45) is 0 Å². The van der Waals surface area contributed by atoms with Crippen LogP contribution in [0.15, 0.2) is 29.2 Å². The minimum Gasteiger partial charge on any atom is -0.488 e. The van der Waals surface area contributed by atoms with Gasteiger partial charge >= 0.3 is 0 Å². The van der Waals surface area contributed by atoms with E-state index in [1.165, 1.54) is 7.05 Å². The summed E-state index contributed by atoms with van der Waals surface area (Å²) in [6, 6.07) is 6.68. The molecule has 1 aromatic rings. The van der Waals surface area contributed by atoms with Crippen LogP contribution < -0.4 is 14.8 Å². The zero-order chi connectivity index (χ0) is 12.3. The summed E-state index contributed by atoms with van der Waals surface area (Å²) in [5.41, 5.74) is 0. The predicted octanol–water partition coefficient (Wildman–Crippen LogP) is 0.335. The molecule has 1 aliphatic heterocycles. The van der Waals surface area contributed by atoms with Gasteiger partial charge in [-0.05, 0) is 32.1 Å². The SMILES string of the molecule is CNS(=O)(=O)c1ccccc1OC1CCNC1. The van der Waals surface area contributed by atoms with Crippen LogP contribution in [0.3, 0.4) is 0 Å². The molecule has 2 rings (SSSR count). The van der Waals surface area contributed by atoms with Crippen molar-refractivity contribution in [3.8, 4) is 5.75 Å². The second-order valence-corrected chi connectivity index (χ2v) is 5.74. The molecule has 6 heteroatoms. The van der Waals surface area contributed by atoms with Crippen molar-refractivity contribution in [1.29, 1.82) is 0 Å². The molecule has 1 heterocycles. The third-order valence-corrected chi connectivity index (χ3v) is 4.17. The van der Waals surface area contributed by atoms with Crippen LogP contribution in [0.5, 0.6) is 5.75 Å². The van der Waals surface area contributed by atoms with E-state index in [-0.39, 0.29) is 11.0 Å². The number of sulfonamides is 1. The summed E-state index contributed by atoms with van der Waals surface area (Å²) in [6.45, 7) is 1.67. The average molecular weight is 256 g/mol. The third kappa shape index (κ3) is 2.77. The van der Waals surface area contributed by atoms with Crippen molar-refractivity contribution in [2.45, 2.75) is 17.4 Å². The van der Waals surface area contributed by atoms with E-state index in [4.69, 9.17) is 4.74 Å². The minimum absolute atomic E-state index is 0.0446. The molecule has 1 aliphatic rings. The molecule has 1 unspecified atom stereocenters. The number of para-hydroxylation sites is 1. The molecule has 2 N–H and O–H groups in total. The van der Waals surface area contributed by atoms with Gasteiger partial charge in [-0.25, -0.2) is 13.1 Å². The quantitative estimate of drug-likeness (QED) is 0.815. The second kappa shape index (κ2) is 5.03. The highest BCUT2D eigenvalue weighted by Crippen LogP contribution is 2.24. The van der Waals surface area contributed by atoms with Crippen molar-refractivity contribution in [1.82, 2.24) is 10.0 Å². The molecule has 0 aromatic heterocycles. The smallest absolute Gasteiger partial charge is 0.243 e. The lowest BCUT2D eigenvalue weighted by Crippen LogP contribution is -2.23. The Kier molecular flexibility index (Phi) is 3.66. The molecular weight excluding hydrogens is 240 g/mol. The van der Waals surface area contributed by atoms with Crippen molar-refractivity contribution in [2.75, 3.05) is 20.1 Å².